The second-order valence-electron chi connectivity index (χ2n) is 7.76. The summed E-state index contributed by atoms with van der Waals surface area (Å²) in [4.78, 5) is 51.3. The number of nitrogens with zero attached hydrogens (tertiary/aromatic N) is 1. The van der Waals surface area contributed by atoms with E-state index in [1.807, 2.05) is 6.92 Å². The van der Waals surface area contributed by atoms with Crippen molar-refractivity contribution in [1.29, 1.82) is 0 Å². The van der Waals surface area contributed by atoms with Crippen molar-refractivity contribution >= 4 is 52.8 Å². The van der Waals surface area contributed by atoms with Gasteiger partial charge in [0.2, 0.25) is 5.91 Å². The lowest BCUT2D eigenvalue weighted by Crippen LogP contribution is -2.38. The number of unbranched alkanes of at least 4 members (excludes halogenated alkanes) is 1. The standard InChI is InChI=1S/C24H29ClFNO7S/c1-4-5-10-33-22(29)13-35-21-12-20(19(26)11-18(21)25)27(15(2)28)23(30)16-8-6-7-9-17(16)24(31)34-14-32-3/h11-12H,4-10,13-14H2,1-3H3. The minimum atomic E-state index is -0.895. The number of imide groups is 1. The van der Waals surface area contributed by atoms with Gasteiger partial charge < -0.3 is 14.2 Å². The molecule has 1 aromatic carbocycles. The van der Waals surface area contributed by atoms with E-state index in [1.165, 1.54) is 13.2 Å². The zero-order chi connectivity index (χ0) is 26.0. The Bertz CT molecular complexity index is 998. The highest BCUT2D eigenvalue weighted by atomic mass is 35.5. The van der Waals surface area contributed by atoms with Gasteiger partial charge in [-0.1, -0.05) is 24.9 Å². The maximum Gasteiger partial charge on any atom is 0.336 e. The summed E-state index contributed by atoms with van der Waals surface area (Å²) in [7, 11) is 1.36. The van der Waals surface area contributed by atoms with Crippen LogP contribution in [0.4, 0.5) is 10.1 Å². The number of benzene rings is 1. The van der Waals surface area contributed by atoms with Crippen LogP contribution in [0.5, 0.6) is 0 Å². The smallest absolute Gasteiger partial charge is 0.336 e. The van der Waals surface area contributed by atoms with Gasteiger partial charge in [-0.25, -0.2) is 14.1 Å². The molecule has 0 atom stereocenters. The topological polar surface area (TPSA) is 99.2 Å². The molecule has 0 N–H and O–H groups in total. The van der Waals surface area contributed by atoms with Crippen LogP contribution in [0, 0.1) is 5.82 Å². The molecule has 0 bridgehead atoms. The Labute approximate surface area is 213 Å². The summed E-state index contributed by atoms with van der Waals surface area (Å²) in [5.41, 5.74) is -0.0876. The van der Waals surface area contributed by atoms with E-state index in [2.05, 4.69) is 0 Å². The van der Waals surface area contributed by atoms with E-state index in [0.717, 1.165) is 37.6 Å². The van der Waals surface area contributed by atoms with Crippen LogP contribution in [-0.4, -0.2) is 50.0 Å². The molecule has 11 heteroatoms. The number of halogens is 2. The van der Waals surface area contributed by atoms with Gasteiger partial charge in [0.15, 0.2) is 6.79 Å². The first kappa shape index (κ1) is 28.8. The second-order valence-corrected chi connectivity index (χ2v) is 9.18. The monoisotopic (exact) mass is 529 g/mol. The number of ether oxygens (including phenoxy) is 3. The SMILES string of the molecule is CCCCOC(=O)CSc1cc(N(C(C)=O)C(=O)C2=C(C(=O)OCOC)CCCC2)c(F)cc1Cl. The first-order chi connectivity index (χ1) is 16.7. The van der Waals surface area contributed by atoms with Crippen molar-refractivity contribution in [2.45, 2.75) is 57.3 Å². The van der Waals surface area contributed by atoms with Crippen molar-refractivity contribution < 1.29 is 37.8 Å². The van der Waals surface area contributed by atoms with E-state index in [4.69, 9.17) is 25.8 Å². The molecule has 192 valence electrons. The van der Waals surface area contributed by atoms with Crippen molar-refractivity contribution in [1.82, 2.24) is 0 Å². The van der Waals surface area contributed by atoms with Crippen molar-refractivity contribution in [3.05, 3.63) is 34.1 Å². The van der Waals surface area contributed by atoms with Gasteiger partial charge in [-0.2, -0.15) is 0 Å². The summed E-state index contributed by atoms with van der Waals surface area (Å²) in [6.45, 7) is 3.11. The molecule has 0 fully saturated rings. The molecule has 2 rings (SSSR count). The maximum absolute atomic E-state index is 14.9. The van der Waals surface area contributed by atoms with Crippen LogP contribution in [0.2, 0.25) is 5.02 Å². The van der Waals surface area contributed by atoms with Crippen LogP contribution >= 0.6 is 23.4 Å². The van der Waals surface area contributed by atoms with Crippen LogP contribution in [0.15, 0.2) is 28.2 Å². The van der Waals surface area contributed by atoms with Crippen molar-refractivity contribution in [3.63, 3.8) is 0 Å². The van der Waals surface area contributed by atoms with Crippen LogP contribution < -0.4 is 4.90 Å². The second kappa shape index (κ2) is 14.2. The lowest BCUT2D eigenvalue weighted by atomic mass is 9.90. The van der Waals surface area contributed by atoms with Crippen LogP contribution in [0.3, 0.4) is 0 Å². The van der Waals surface area contributed by atoms with E-state index < -0.39 is 29.6 Å². The van der Waals surface area contributed by atoms with Gasteiger partial charge in [0, 0.05) is 30.1 Å². The molecule has 0 heterocycles. The number of methoxy groups -OCH3 is 1. The normalized spacial score (nSPS) is 13.4. The minimum absolute atomic E-state index is 0.0225. The Morgan fingerprint density at radius 2 is 1.80 bits per heavy atom. The Balaban J connectivity index is 2.36. The molecule has 0 aromatic heterocycles. The molecule has 8 nitrogen and oxygen atoms in total. The third-order valence-electron chi connectivity index (χ3n) is 5.15. The van der Waals surface area contributed by atoms with Gasteiger partial charge in [0.25, 0.3) is 5.91 Å². The fourth-order valence-electron chi connectivity index (χ4n) is 3.43. The lowest BCUT2D eigenvalue weighted by molar-refractivity contribution is -0.150. The third kappa shape index (κ3) is 8.05. The van der Waals surface area contributed by atoms with Crippen molar-refractivity contribution in [3.8, 4) is 0 Å². The summed E-state index contributed by atoms with van der Waals surface area (Å²) in [5.74, 6) is -3.70. The van der Waals surface area contributed by atoms with E-state index in [0.29, 0.717) is 35.7 Å². The molecule has 1 aromatic rings. The largest absolute Gasteiger partial charge is 0.465 e. The Kier molecular flexibility index (Phi) is 11.7. The molecule has 35 heavy (non-hydrogen) atoms. The van der Waals surface area contributed by atoms with E-state index in [-0.39, 0.29) is 40.8 Å². The van der Waals surface area contributed by atoms with Crippen LogP contribution in [0.1, 0.15) is 52.4 Å². The number of esters is 2. The molecule has 0 saturated carbocycles. The summed E-state index contributed by atoms with van der Waals surface area (Å²) in [5, 5.41) is 0.0225. The van der Waals surface area contributed by atoms with Gasteiger partial charge in [-0.15, -0.1) is 11.8 Å². The zero-order valence-corrected chi connectivity index (χ0v) is 21.6. The average molecular weight is 530 g/mol. The number of thioether (sulfide) groups is 1. The molecule has 0 unspecified atom stereocenters. The molecule has 1 aliphatic rings. The molecule has 0 saturated heterocycles. The number of carbonyl (C=O) groups is 4. The first-order valence-electron chi connectivity index (χ1n) is 11.2. The Hall–Kier alpha value is -2.43. The molecule has 0 radical (unpaired) electrons. The number of rotatable bonds is 11. The number of hydrogen-bond donors (Lipinski definition) is 0. The van der Waals surface area contributed by atoms with E-state index in [1.54, 1.807) is 0 Å². The highest BCUT2D eigenvalue weighted by Gasteiger charge is 2.32. The van der Waals surface area contributed by atoms with E-state index in [9.17, 15) is 23.6 Å². The molecule has 0 aliphatic heterocycles. The van der Waals surface area contributed by atoms with Gasteiger partial charge in [-0.3, -0.25) is 14.4 Å². The molecule has 0 spiro atoms. The quantitative estimate of drug-likeness (QED) is 0.174. The van der Waals surface area contributed by atoms with Gasteiger partial charge in [0.1, 0.15) is 5.82 Å². The molecular formula is C24H29ClFNO7S. The summed E-state index contributed by atoms with van der Waals surface area (Å²) in [6.07, 6.45) is 3.44. The van der Waals surface area contributed by atoms with Gasteiger partial charge in [-0.05, 0) is 44.2 Å². The Morgan fingerprint density at radius 1 is 1.11 bits per heavy atom. The molecule has 1 aliphatic carbocycles. The fraction of sp³-hybridized carbons (Fsp3) is 0.500. The summed E-state index contributed by atoms with van der Waals surface area (Å²) >= 11 is 7.16. The summed E-state index contributed by atoms with van der Waals surface area (Å²) in [6, 6.07) is 2.22. The zero-order valence-electron chi connectivity index (χ0n) is 20.0. The minimum Gasteiger partial charge on any atom is -0.465 e. The van der Waals surface area contributed by atoms with Crippen molar-refractivity contribution in [2.75, 3.05) is 31.2 Å². The molecular weight excluding hydrogens is 501 g/mol. The van der Waals surface area contributed by atoms with Crippen LogP contribution in [-0.2, 0) is 33.4 Å². The number of anilines is 1. The average Bonchev–Trinajstić information content (AvgIpc) is 2.83. The number of amides is 2. The van der Waals surface area contributed by atoms with Gasteiger partial charge in [0.05, 0.1) is 23.1 Å². The molecule has 2 amide bonds. The van der Waals surface area contributed by atoms with Crippen LogP contribution in [0.25, 0.3) is 0 Å². The number of carbonyl (C=O) groups excluding carboxylic acids is 4. The highest BCUT2D eigenvalue weighted by Crippen LogP contribution is 2.36. The first-order valence-corrected chi connectivity index (χ1v) is 12.6. The van der Waals surface area contributed by atoms with E-state index >= 15 is 0 Å². The third-order valence-corrected chi connectivity index (χ3v) is 6.60. The predicted molar refractivity (Wildman–Crippen MR) is 130 cm³/mol. The lowest BCUT2D eigenvalue weighted by Gasteiger charge is -2.25. The fourth-order valence-corrected chi connectivity index (χ4v) is 4.49. The summed E-state index contributed by atoms with van der Waals surface area (Å²) < 4.78 is 29.8. The Morgan fingerprint density at radius 3 is 2.43 bits per heavy atom. The van der Waals surface area contributed by atoms with Crippen molar-refractivity contribution in [2.24, 2.45) is 0 Å². The number of hydrogen-bond acceptors (Lipinski definition) is 8. The predicted octanol–water partition coefficient (Wildman–Crippen LogP) is 4.81. The maximum atomic E-state index is 14.9. The highest BCUT2D eigenvalue weighted by molar-refractivity contribution is 8.00. The van der Waals surface area contributed by atoms with Gasteiger partial charge >= 0.3 is 11.9 Å².